The third kappa shape index (κ3) is 5.44. The van der Waals surface area contributed by atoms with Crippen LogP contribution in [0.15, 0.2) is 24.3 Å². The number of carbonyl (C=O) groups is 2. The van der Waals surface area contributed by atoms with E-state index in [1.165, 1.54) is 0 Å². The molecule has 2 aromatic rings. The maximum absolute atomic E-state index is 12.7. The van der Waals surface area contributed by atoms with Gasteiger partial charge < -0.3 is 9.84 Å². The molecule has 1 N–H and O–H groups in total. The summed E-state index contributed by atoms with van der Waals surface area (Å²) in [6.07, 6.45) is -1.24. The maximum Gasteiger partial charge on any atom is 0.337 e. The minimum absolute atomic E-state index is 0.170. The summed E-state index contributed by atoms with van der Waals surface area (Å²) in [4.78, 5) is 28.9. The fraction of sp³-hybridized carbons (Fsp3) is 0.409. The first kappa shape index (κ1) is 23.5. The number of carboxylic acids is 1. The second-order valence-electron chi connectivity index (χ2n) is 7.90. The molecule has 0 saturated heterocycles. The summed E-state index contributed by atoms with van der Waals surface area (Å²) < 4.78 is 5.90. The Morgan fingerprint density at radius 3 is 2.17 bits per heavy atom. The number of Topliss-reactive ketones (excluding diaryl/α,β-unsaturated/α-hetero) is 1. The van der Waals surface area contributed by atoms with E-state index in [-0.39, 0.29) is 5.78 Å². The summed E-state index contributed by atoms with van der Waals surface area (Å²) in [6, 6.07) is 7.06. The quantitative estimate of drug-likeness (QED) is 0.408. The lowest BCUT2D eigenvalue weighted by molar-refractivity contribution is -0.160. The van der Waals surface area contributed by atoms with Crippen molar-refractivity contribution < 1.29 is 19.4 Å². The lowest BCUT2D eigenvalue weighted by Crippen LogP contribution is -2.29. The van der Waals surface area contributed by atoms with Crippen LogP contribution in [-0.2, 0) is 9.53 Å². The van der Waals surface area contributed by atoms with Crippen molar-refractivity contribution in [2.24, 2.45) is 0 Å². The van der Waals surface area contributed by atoms with E-state index in [1.54, 1.807) is 65.8 Å². The summed E-state index contributed by atoms with van der Waals surface area (Å²) in [5.41, 5.74) is 2.46. The highest BCUT2D eigenvalue weighted by Gasteiger charge is 2.33. The summed E-state index contributed by atoms with van der Waals surface area (Å²) in [5, 5.41) is 10.5. The van der Waals surface area contributed by atoms with Crippen molar-refractivity contribution >= 4 is 39.3 Å². The van der Waals surface area contributed by atoms with E-state index in [0.29, 0.717) is 33.1 Å². The van der Waals surface area contributed by atoms with Gasteiger partial charge in [0.15, 0.2) is 11.9 Å². The molecular formula is C22H25BrClNO4. The van der Waals surface area contributed by atoms with E-state index in [0.717, 1.165) is 5.56 Å². The largest absolute Gasteiger partial charge is 0.479 e. The number of ketones is 1. The fourth-order valence-corrected chi connectivity index (χ4v) is 3.48. The van der Waals surface area contributed by atoms with Gasteiger partial charge in [0.1, 0.15) is 5.69 Å². The highest BCUT2D eigenvalue weighted by atomic mass is 79.9. The van der Waals surface area contributed by atoms with Gasteiger partial charge in [0.2, 0.25) is 0 Å². The molecule has 0 bridgehead atoms. The van der Waals surface area contributed by atoms with Gasteiger partial charge in [-0.3, -0.25) is 4.79 Å². The lowest BCUT2D eigenvalue weighted by atomic mass is 9.89. The van der Waals surface area contributed by atoms with Crippen molar-refractivity contribution in [3.8, 4) is 11.1 Å². The molecule has 0 amide bonds. The molecule has 0 aliphatic heterocycles. The Kier molecular flexibility index (Phi) is 7.25. The molecule has 1 aromatic carbocycles. The van der Waals surface area contributed by atoms with Crippen LogP contribution in [0.3, 0.4) is 0 Å². The second kappa shape index (κ2) is 8.94. The molecule has 7 heteroatoms. The van der Waals surface area contributed by atoms with Crippen LogP contribution in [0.1, 0.15) is 61.1 Å². The van der Waals surface area contributed by atoms with Crippen molar-refractivity contribution in [2.45, 2.75) is 58.1 Å². The van der Waals surface area contributed by atoms with Crippen LogP contribution in [0.25, 0.3) is 11.1 Å². The number of aromatic nitrogens is 1. The molecule has 0 aliphatic rings. The standard InChI is InChI=1S/C22H25BrClNO4/c1-11-16(14-7-9-15(24)10-8-14)17(20(21(27)28)29-22(4,5)6)13(3)25-18(11)19(26)12(2)23/h7-10,12,20H,1-6H3,(H,27,28)/t12?,20-/m0/s1. The molecule has 0 spiro atoms. The van der Waals surface area contributed by atoms with Crippen LogP contribution < -0.4 is 0 Å². The number of alkyl halides is 1. The third-order valence-corrected chi connectivity index (χ3v) is 5.02. The number of benzene rings is 1. The Morgan fingerprint density at radius 1 is 1.17 bits per heavy atom. The average Bonchev–Trinajstić information content (AvgIpc) is 2.60. The molecule has 1 unspecified atom stereocenters. The SMILES string of the molecule is Cc1nc(C(=O)C(C)Br)c(C)c(-c2ccc(Cl)cc2)c1[C@H](OC(C)(C)C)C(=O)O. The van der Waals surface area contributed by atoms with Gasteiger partial charge in [0.25, 0.3) is 0 Å². The number of aryl methyl sites for hydroxylation is 1. The average molecular weight is 483 g/mol. The predicted molar refractivity (Wildman–Crippen MR) is 118 cm³/mol. The molecule has 0 fully saturated rings. The van der Waals surface area contributed by atoms with E-state index in [1.807, 2.05) is 0 Å². The number of ether oxygens (including phenoxy) is 1. The van der Waals surface area contributed by atoms with E-state index in [2.05, 4.69) is 20.9 Å². The highest BCUT2D eigenvalue weighted by Crippen LogP contribution is 2.38. The summed E-state index contributed by atoms with van der Waals surface area (Å²) >= 11 is 9.35. The predicted octanol–water partition coefficient (Wildman–Crippen LogP) is 5.93. The van der Waals surface area contributed by atoms with Gasteiger partial charge in [-0.15, -0.1) is 0 Å². The van der Waals surface area contributed by atoms with Gasteiger partial charge in [-0.2, -0.15) is 0 Å². The molecule has 5 nitrogen and oxygen atoms in total. The minimum atomic E-state index is -1.24. The molecule has 156 valence electrons. The van der Waals surface area contributed by atoms with Crippen molar-refractivity contribution in [3.63, 3.8) is 0 Å². The van der Waals surface area contributed by atoms with Crippen LogP contribution in [0, 0.1) is 13.8 Å². The van der Waals surface area contributed by atoms with Crippen molar-refractivity contribution in [2.75, 3.05) is 0 Å². The number of halogens is 2. The van der Waals surface area contributed by atoms with Gasteiger partial charge in [-0.05, 0) is 70.4 Å². The van der Waals surface area contributed by atoms with Gasteiger partial charge in [-0.25, -0.2) is 9.78 Å². The topological polar surface area (TPSA) is 76.5 Å². The molecule has 0 saturated carbocycles. The zero-order valence-electron chi connectivity index (χ0n) is 17.3. The molecular weight excluding hydrogens is 458 g/mol. The number of carbonyl (C=O) groups excluding carboxylic acids is 1. The Balaban J connectivity index is 2.88. The van der Waals surface area contributed by atoms with Crippen LogP contribution in [0.4, 0.5) is 0 Å². The molecule has 1 aromatic heterocycles. The first-order valence-corrected chi connectivity index (χ1v) is 10.5. The van der Waals surface area contributed by atoms with Gasteiger partial charge in [-0.1, -0.05) is 39.7 Å². The van der Waals surface area contributed by atoms with E-state index in [9.17, 15) is 14.7 Å². The number of aliphatic carboxylic acids is 1. The Morgan fingerprint density at radius 2 is 1.72 bits per heavy atom. The summed E-state index contributed by atoms with van der Waals surface area (Å²) in [6.45, 7) is 10.6. The number of nitrogens with zero attached hydrogens (tertiary/aromatic N) is 1. The van der Waals surface area contributed by atoms with Gasteiger partial charge in [0.05, 0.1) is 10.4 Å². The lowest BCUT2D eigenvalue weighted by Gasteiger charge is -2.28. The van der Waals surface area contributed by atoms with Gasteiger partial charge in [0, 0.05) is 16.3 Å². The number of carboxylic acid groups (broad SMARTS) is 1. The molecule has 1 heterocycles. The molecule has 29 heavy (non-hydrogen) atoms. The van der Waals surface area contributed by atoms with Gasteiger partial charge >= 0.3 is 5.97 Å². The van der Waals surface area contributed by atoms with Crippen LogP contribution >= 0.6 is 27.5 Å². The fourth-order valence-electron chi connectivity index (χ4n) is 3.14. The Bertz CT molecular complexity index is 933. The highest BCUT2D eigenvalue weighted by molar-refractivity contribution is 9.10. The minimum Gasteiger partial charge on any atom is -0.479 e. The monoisotopic (exact) mass is 481 g/mol. The number of pyridine rings is 1. The number of hydrogen-bond donors (Lipinski definition) is 1. The molecule has 2 rings (SSSR count). The molecule has 0 aliphatic carbocycles. The Hall–Kier alpha value is -1.76. The van der Waals surface area contributed by atoms with Crippen molar-refractivity contribution in [3.05, 3.63) is 51.8 Å². The first-order valence-electron chi connectivity index (χ1n) is 9.19. The molecule has 0 radical (unpaired) electrons. The zero-order chi connectivity index (χ0) is 22.1. The number of rotatable bonds is 6. The summed E-state index contributed by atoms with van der Waals surface area (Å²) in [5.74, 6) is -1.29. The molecule has 2 atom stereocenters. The van der Waals surface area contributed by atoms with Crippen LogP contribution in [0.5, 0.6) is 0 Å². The third-order valence-electron chi connectivity index (χ3n) is 4.35. The number of hydrogen-bond acceptors (Lipinski definition) is 4. The van der Waals surface area contributed by atoms with E-state index in [4.69, 9.17) is 16.3 Å². The Labute approximate surface area is 184 Å². The summed E-state index contributed by atoms with van der Waals surface area (Å²) in [7, 11) is 0. The van der Waals surface area contributed by atoms with Crippen molar-refractivity contribution in [1.82, 2.24) is 4.98 Å². The van der Waals surface area contributed by atoms with E-state index >= 15 is 0 Å². The zero-order valence-corrected chi connectivity index (χ0v) is 19.7. The second-order valence-corrected chi connectivity index (χ2v) is 9.71. The van der Waals surface area contributed by atoms with Crippen LogP contribution in [-0.4, -0.2) is 32.3 Å². The van der Waals surface area contributed by atoms with Crippen LogP contribution in [0.2, 0.25) is 5.02 Å². The normalized spacial score (nSPS) is 13.8. The smallest absolute Gasteiger partial charge is 0.337 e. The first-order chi connectivity index (χ1) is 13.3. The van der Waals surface area contributed by atoms with E-state index < -0.39 is 22.5 Å². The maximum atomic E-state index is 12.7. The van der Waals surface area contributed by atoms with Crippen molar-refractivity contribution in [1.29, 1.82) is 0 Å².